The number of ether oxygens (including phenoxy) is 1. The van der Waals surface area contributed by atoms with Crippen molar-refractivity contribution in [1.29, 1.82) is 0 Å². The van der Waals surface area contributed by atoms with E-state index in [2.05, 4.69) is 4.98 Å². The van der Waals surface area contributed by atoms with Gasteiger partial charge in [-0.05, 0) is 30.3 Å². The molecule has 88 valence electrons. The van der Waals surface area contributed by atoms with Gasteiger partial charge < -0.3 is 10.5 Å². The van der Waals surface area contributed by atoms with Crippen LogP contribution < -0.4 is 10.5 Å². The molecule has 0 atom stereocenters. The van der Waals surface area contributed by atoms with Gasteiger partial charge in [0.05, 0.1) is 15.7 Å². The van der Waals surface area contributed by atoms with Gasteiger partial charge in [-0.3, -0.25) is 4.98 Å². The van der Waals surface area contributed by atoms with Gasteiger partial charge >= 0.3 is 0 Å². The highest BCUT2D eigenvalue weighted by molar-refractivity contribution is 6.32. The van der Waals surface area contributed by atoms with E-state index in [0.717, 1.165) is 5.69 Å². The van der Waals surface area contributed by atoms with Gasteiger partial charge in [-0.15, -0.1) is 0 Å². The predicted octanol–water partition coefficient (Wildman–Crippen LogP) is 3.55. The van der Waals surface area contributed by atoms with E-state index in [4.69, 9.17) is 33.7 Å². The summed E-state index contributed by atoms with van der Waals surface area (Å²) in [5.74, 6) is 0.581. The molecule has 2 N–H and O–H groups in total. The van der Waals surface area contributed by atoms with Crippen molar-refractivity contribution in [3.05, 3.63) is 52.3 Å². The molecule has 0 fully saturated rings. The van der Waals surface area contributed by atoms with Gasteiger partial charge in [0.25, 0.3) is 0 Å². The van der Waals surface area contributed by atoms with Crippen LogP contribution in [-0.2, 0) is 6.61 Å². The van der Waals surface area contributed by atoms with E-state index in [1.807, 2.05) is 0 Å². The van der Waals surface area contributed by atoms with Crippen molar-refractivity contribution >= 4 is 28.9 Å². The van der Waals surface area contributed by atoms with Gasteiger partial charge in [0.2, 0.25) is 0 Å². The first-order chi connectivity index (χ1) is 8.15. The molecule has 0 saturated heterocycles. The average Bonchev–Trinajstić information content (AvgIpc) is 2.30. The van der Waals surface area contributed by atoms with Crippen molar-refractivity contribution in [2.45, 2.75) is 6.61 Å². The van der Waals surface area contributed by atoms with Gasteiger partial charge in [0, 0.05) is 11.9 Å². The minimum absolute atomic E-state index is 0.334. The Kier molecular flexibility index (Phi) is 3.71. The Morgan fingerprint density at radius 3 is 2.65 bits per heavy atom. The maximum atomic E-state index is 5.97. The molecule has 3 nitrogen and oxygen atoms in total. The normalized spacial score (nSPS) is 10.2. The van der Waals surface area contributed by atoms with E-state index in [-0.39, 0.29) is 0 Å². The lowest BCUT2D eigenvalue weighted by Crippen LogP contribution is -1.98. The third-order valence-corrected chi connectivity index (χ3v) is 2.64. The van der Waals surface area contributed by atoms with Crippen molar-refractivity contribution in [3.63, 3.8) is 0 Å². The number of benzene rings is 1. The molecule has 1 aromatic carbocycles. The van der Waals surface area contributed by atoms with Crippen LogP contribution >= 0.6 is 23.2 Å². The fourth-order valence-corrected chi connectivity index (χ4v) is 1.63. The summed E-state index contributed by atoms with van der Waals surface area (Å²) in [6.45, 7) is 0.334. The zero-order chi connectivity index (χ0) is 12.3. The number of nitrogen functional groups attached to an aromatic ring is 1. The molecule has 0 unspecified atom stereocenters. The number of nitrogens with two attached hydrogens (primary N) is 1. The van der Waals surface area contributed by atoms with Crippen molar-refractivity contribution in [1.82, 2.24) is 4.98 Å². The topological polar surface area (TPSA) is 48.1 Å². The molecule has 0 radical (unpaired) electrons. The Morgan fingerprint density at radius 1 is 1.18 bits per heavy atom. The average molecular weight is 269 g/mol. The molecular weight excluding hydrogens is 259 g/mol. The number of hydrogen-bond acceptors (Lipinski definition) is 3. The number of rotatable bonds is 3. The highest BCUT2D eigenvalue weighted by atomic mass is 35.5. The summed E-state index contributed by atoms with van der Waals surface area (Å²) in [7, 11) is 0. The molecule has 0 aliphatic rings. The third kappa shape index (κ3) is 3.25. The third-order valence-electron chi connectivity index (χ3n) is 2.12. The van der Waals surface area contributed by atoms with E-state index in [0.29, 0.717) is 28.1 Å². The fourth-order valence-electron chi connectivity index (χ4n) is 1.28. The van der Waals surface area contributed by atoms with Crippen molar-refractivity contribution < 1.29 is 4.74 Å². The summed E-state index contributed by atoms with van der Waals surface area (Å²) in [5.41, 5.74) is 6.97. The number of pyridine rings is 1. The maximum Gasteiger partial charge on any atom is 0.138 e. The van der Waals surface area contributed by atoms with Gasteiger partial charge in [-0.2, -0.15) is 0 Å². The van der Waals surface area contributed by atoms with Gasteiger partial charge in [-0.25, -0.2) is 0 Å². The standard InChI is InChI=1S/C12H10Cl2N2O/c13-8-1-3-10(16-6-8)7-17-12-4-2-9(15)5-11(12)14/h1-6H,7,15H2. The molecular formula is C12H10Cl2N2O. The summed E-state index contributed by atoms with van der Waals surface area (Å²) in [5, 5.41) is 1.08. The highest BCUT2D eigenvalue weighted by Crippen LogP contribution is 2.26. The molecule has 2 aromatic rings. The lowest BCUT2D eigenvalue weighted by atomic mass is 10.3. The second kappa shape index (κ2) is 5.25. The van der Waals surface area contributed by atoms with Crippen LogP contribution in [0.3, 0.4) is 0 Å². The second-order valence-corrected chi connectivity index (χ2v) is 4.29. The SMILES string of the molecule is Nc1ccc(OCc2ccc(Cl)cn2)c(Cl)c1. The molecule has 0 saturated carbocycles. The van der Waals surface area contributed by atoms with E-state index in [1.165, 1.54) is 0 Å². The summed E-state index contributed by atoms with van der Waals surface area (Å²) in [4.78, 5) is 4.12. The minimum atomic E-state index is 0.334. The Morgan fingerprint density at radius 2 is 2.00 bits per heavy atom. The largest absolute Gasteiger partial charge is 0.486 e. The summed E-state index contributed by atoms with van der Waals surface area (Å²) in [6.07, 6.45) is 1.57. The summed E-state index contributed by atoms with van der Waals surface area (Å²) in [6, 6.07) is 8.67. The summed E-state index contributed by atoms with van der Waals surface area (Å²) < 4.78 is 5.52. The molecule has 1 aromatic heterocycles. The van der Waals surface area contributed by atoms with Crippen LogP contribution in [0.2, 0.25) is 10.0 Å². The minimum Gasteiger partial charge on any atom is -0.486 e. The van der Waals surface area contributed by atoms with E-state index < -0.39 is 0 Å². The van der Waals surface area contributed by atoms with Crippen LogP contribution in [0.15, 0.2) is 36.5 Å². The van der Waals surface area contributed by atoms with Crippen LogP contribution in [0.5, 0.6) is 5.75 Å². The predicted molar refractivity (Wildman–Crippen MR) is 69.4 cm³/mol. The molecule has 0 aliphatic carbocycles. The van der Waals surface area contributed by atoms with Crippen LogP contribution in [0, 0.1) is 0 Å². The highest BCUT2D eigenvalue weighted by Gasteiger charge is 2.03. The van der Waals surface area contributed by atoms with Crippen LogP contribution in [0.4, 0.5) is 5.69 Å². The van der Waals surface area contributed by atoms with Crippen molar-refractivity contribution in [2.75, 3.05) is 5.73 Å². The summed E-state index contributed by atoms with van der Waals surface area (Å²) >= 11 is 11.7. The maximum absolute atomic E-state index is 5.97. The smallest absolute Gasteiger partial charge is 0.138 e. The van der Waals surface area contributed by atoms with Gasteiger partial charge in [-0.1, -0.05) is 23.2 Å². The second-order valence-electron chi connectivity index (χ2n) is 3.45. The van der Waals surface area contributed by atoms with Crippen molar-refractivity contribution in [3.8, 4) is 5.75 Å². The Labute approximate surface area is 109 Å². The number of halogens is 2. The Hall–Kier alpha value is -1.45. The van der Waals surface area contributed by atoms with Gasteiger partial charge in [0.15, 0.2) is 0 Å². The number of nitrogens with zero attached hydrogens (tertiary/aromatic N) is 1. The molecule has 0 spiro atoms. The van der Waals surface area contributed by atoms with Crippen molar-refractivity contribution in [2.24, 2.45) is 0 Å². The zero-order valence-corrected chi connectivity index (χ0v) is 10.4. The molecule has 0 aliphatic heterocycles. The first-order valence-electron chi connectivity index (χ1n) is 4.93. The lowest BCUT2D eigenvalue weighted by Gasteiger charge is -2.08. The molecule has 2 rings (SSSR count). The number of aromatic nitrogens is 1. The molecule has 1 heterocycles. The van der Waals surface area contributed by atoms with Gasteiger partial charge in [0.1, 0.15) is 12.4 Å². The Bertz CT molecular complexity index is 514. The quantitative estimate of drug-likeness (QED) is 0.867. The first-order valence-corrected chi connectivity index (χ1v) is 5.69. The van der Waals surface area contributed by atoms with E-state index >= 15 is 0 Å². The van der Waals surface area contributed by atoms with Crippen LogP contribution in [0.1, 0.15) is 5.69 Å². The van der Waals surface area contributed by atoms with E-state index in [1.54, 1.807) is 36.5 Å². The van der Waals surface area contributed by atoms with E-state index in [9.17, 15) is 0 Å². The molecule has 5 heteroatoms. The van der Waals surface area contributed by atoms with Crippen LogP contribution in [-0.4, -0.2) is 4.98 Å². The molecule has 17 heavy (non-hydrogen) atoms. The lowest BCUT2D eigenvalue weighted by molar-refractivity contribution is 0.301. The zero-order valence-electron chi connectivity index (χ0n) is 8.86. The Balaban J connectivity index is 2.04. The molecule has 0 amide bonds. The molecule has 0 bridgehead atoms. The number of hydrogen-bond donors (Lipinski definition) is 1. The van der Waals surface area contributed by atoms with Crippen LogP contribution in [0.25, 0.3) is 0 Å². The first kappa shape index (κ1) is 12.0. The number of anilines is 1. The fraction of sp³-hybridized carbons (Fsp3) is 0.0833. The monoisotopic (exact) mass is 268 g/mol.